The van der Waals surface area contributed by atoms with E-state index in [0.717, 1.165) is 17.9 Å². The number of rotatable bonds is 11. The number of hydrogen-bond donors (Lipinski definition) is 2. The predicted octanol–water partition coefficient (Wildman–Crippen LogP) is 4.90. The van der Waals surface area contributed by atoms with Crippen LogP contribution < -0.4 is 20.1 Å². The Hall–Kier alpha value is -2.14. The van der Waals surface area contributed by atoms with Crippen LogP contribution in [-0.2, 0) is 11.3 Å². The van der Waals surface area contributed by atoms with Crippen molar-refractivity contribution in [1.82, 2.24) is 5.32 Å². The number of hydrogen-bond acceptors (Lipinski definition) is 4. The number of benzene rings is 2. The van der Waals surface area contributed by atoms with Crippen LogP contribution in [0, 0.1) is 0 Å². The zero-order valence-corrected chi connectivity index (χ0v) is 19.4. The number of ether oxygens (including phenoxy) is 3. The molecule has 2 rings (SSSR count). The van der Waals surface area contributed by atoms with Gasteiger partial charge in [-0.2, -0.15) is 8.78 Å². The summed E-state index contributed by atoms with van der Waals surface area (Å²) in [6.45, 7) is 1.11. The monoisotopic (exact) mass is 535 g/mol. The summed E-state index contributed by atoms with van der Waals surface area (Å²) in [5.74, 6) is 1.38. The second kappa shape index (κ2) is 14.8. The predicted molar refractivity (Wildman–Crippen MR) is 125 cm³/mol. The molecule has 0 atom stereocenters. The highest BCUT2D eigenvalue weighted by atomic mass is 127. The maximum atomic E-state index is 12.6. The third kappa shape index (κ3) is 9.57. The maximum absolute atomic E-state index is 12.6. The van der Waals surface area contributed by atoms with Crippen LogP contribution in [0.15, 0.2) is 53.5 Å². The molecule has 2 aromatic rings. The summed E-state index contributed by atoms with van der Waals surface area (Å²) < 4.78 is 40.4. The number of alkyl halides is 2. The first-order valence-electron chi connectivity index (χ1n) is 9.42. The quantitative estimate of drug-likeness (QED) is 0.186. The Bertz CT molecular complexity index is 779. The summed E-state index contributed by atoms with van der Waals surface area (Å²) in [4.78, 5) is 4.48. The van der Waals surface area contributed by atoms with Gasteiger partial charge in [-0.25, -0.2) is 4.99 Å². The molecule has 6 nitrogen and oxygen atoms in total. The summed E-state index contributed by atoms with van der Waals surface area (Å²) in [6, 6.07) is 14.1. The van der Waals surface area contributed by atoms with E-state index in [4.69, 9.17) is 9.47 Å². The fraction of sp³-hybridized carbons (Fsp3) is 0.381. The lowest BCUT2D eigenvalue weighted by Crippen LogP contribution is -2.30. The number of aliphatic imine (C=N–C) groups is 1. The van der Waals surface area contributed by atoms with Crippen molar-refractivity contribution in [2.75, 3.05) is 32.2 Å². The zero-order chi connectivity index (χ0) is 20.9. The Kier molecular flexibility index (Phi) is 12.8. The van der Waals surface area contributed by atoms with Crippen molar-refractivity contribution in [2.45, 2.75) is 26.5 Å². The average molecular weight is 535 g/mol. The van der Waals surface area contributed by atoms with Crippen LogP contribution in [0.3, 0.4) is 0 Å². The molecule has 2 N–H and O–H groups in total. The number of anilines is 1. The topological polar surface area (TPSA) is 64.1 Å². The molecule has 0 amide bonds. The van der Waals surface area contributed by atoms with Gasteiger partial charge in [-0.3, -0.25) is 0 Å². The minimum atomic E-state index is -2.88. The van der Waals surface area contributed by atoms with Gasteiger partial charge in [-0.05, 0) is 25.1 Å². The summed E-state index contributed by atoms with van der Waals surface area (Å²) in [5.41, 5.74) is 1.37. The van der Waals surface area contributed by atoms with Gasteiger partial charge in [0.15, 0.2) is 5.96 Å². The van der Waals surface area contributed by atoms with E-state index in [1.54, 1.807) is 25.3 Å². The molecule has 166 valence electrons. The van der Waals surface area contributed by atoms with E-state index in [2.05, 4.69) is 20.4 Å². The maximum Gasteiger partial charge on any atom is 0.387 e. The number of para-hydroxylation sites is 1. The van der Waals surface area contributed by atoms with Crippen LogP contribution in [0.1, 0.15) is 18.9 Å². The minimum absolute atomic E-state index is 0. The van der Waals surface area contributed by atoms with Gasteiger partial charge >= 0.3 is 6.61 Å². The molecule has 0 bridgehead atoms. The van der Waals surface area contributed by atoms with Gasteiger partial charge in [0.25, 0.3) is 0 Å². The molecule has 0 unspecified atom stereocenters. The van der Waals surface area contributed by atoms with E-state index in [1.807, 2.05) is 31.2 Å². The van der Waals surface area contributed by atoms with Crippen LogP contribution in [-0.4, -0.2) is 39.4 Å². The van der Waals surface area contributed by atoms with Gasteiger partial charge in [-0.1, -0.05) is 24.3 Å². The van der Waals surface area contributed by atoms with Crippen molar-refractivity contribution >= 4 is 35.6 Å². The largest absolute Gasteiger partial charge is 0.493 e. The molecular formula is C21H28F2IN3O3. The van der Waals surface area contributed by atoms with Crippen LogP contribution >= 0.6 is 24.0 Å². The molecule has 0 aromatic heterocycles. The molecule has 0 saturated heterocycles. The molecular weight excluding hydrogens is 507 g/mol. The molecule has 0 aliphatic rings. The van der Waals surface area contributed by atoms with Gasteiger partial charge in [0.2, 0.25) is 0 Å². The molecule has 0 aliphatic carbocycles. The SMILES string of the molecule is CCNC(=NCc1ccccc1OC(F)F)Nc1cccc(OCCCOC)c1.I. The molecule has 0 saturated carbocycles. The Morgan fingerprint density at radius 1 is 1.10 bits per heavy atom. The van der Waals surface area contributed by atoms with Crippen molar-refractivity contribution in [3.8, 4) is 11.5 Å². The molecule has 0 spiro atoms. The van der Waals surface area contributed by atoms with Gasteiger partial charge in [0, 0.05) is 44.0 Å². The lowest BCUT2D eigenvalue weighted by molar-refractivity contribution is -0.0504. The highest BCUT2D eigenvalue weighted by Gasteiger charge is 2.09. The Balaban J connectivity index is 0.00000450. The van der Waals surface area contributed by atoms with Crippen molar-refractivity contribution < 1.29 is 23.0 Å². The van der Waals surface area contributed by atoms with E-state index >= 15 is 0 Å². The molecule has 2 aromatic carbocycles. The van der Waals surface area contributed by atoms with Crippen molar-refractivity contribution in [3.63, 3.8) is 0 Å². The zero-order valence-electron chi connectivity index (χ0n) is 17.1. The average Bonchev–Trinajstić information content (AvgIpc) is 2.70. The van der Waals surface area contributed by atoms with Crippen LogP contribution in [0.2, 0.25) is 0 Å². The first-order valence-corrected chi connectivity index (χ1v) is 9.42. The lowest BCUT2D eigenvalue weighted by Gasteiger charge is -2.14. The molecule has 0 fully saturated rings. The summed E-state index contributed by atoms with van der Waals surface area (Å²) in [7, 11) is 1.66. The summed E-state index contributed by atoms with van der Waals surface area (Å²) >= 11 is 0. The van der Waals surface area contributed by atoms with Crippen molar-refractivity contribution in [3.05, 3.63) is 54.1 Å². The Morgan fingerprint density at radius 2 is 1.90 bits per heavy atom. The second-order valence-corrected chi connectivity index (χ2v) is 6.03. The van der Waals surface area contributed by atoms with E-state index in [1.165, 1.54) is 6.07 Å². The molecule has 0 aliphatic heterocycles. The molecule has 9 heteroatoms. The summed E-state index contributed by atoms with van der Waals surface area (Å²) in [6.07, 6.45) is 0.804. The number of guanidine groups is 1. The van der Waals surface area contributed by atoms with E-state index in [0.29, 0.717) is 31.3 Å². The highest BCUT2D eigenvalue weighted by Crippen LogP contribution is 2.21. The minimum Gasteiger partial charge on any atom is -0.493 e. The molecule has 0 heterocycles. The Labute approximate surface area is 193 Å². The van der Waals surface area contributed by atoms with Gasteiger partial charge in [-0.15, -0.1) is 24.0 Å². The van der Waals surface area contributed by atoms with Gasteiger partial charge in [0.05, 0.1) is 13.2 Å². The standard InChI is InChI=1S/C21H27F2N3O3.HI/c1-3-24-21(25-15-16-8-4-5-11-19(16)29-20(22)23)26-17-9-6-10-18(14-17)28-13-7-12-27-2;/h4-6,8-11,14,20H,3,7,12-13,15H2,1-2H3,(H2,24,25,26);1H. The second-order valence-electron chi connectivity index (χ2n) is 6.03. The summed E-state index contributed by atoms with van der Waals surface area (Å²) in [5, 5.41) is 6.33. The van der Waals surface area contributed by atoms with Gasteiger partial charge in [0.1, 0.15) is 11.5 Å². The van der Waals surface area contributed by atoms with E-state index in [9.17, 15) is 8.78 Å². The number of nitrogens with zero attached hydrogens (tertiary/aromatic N) is 1. The van der Waals surface area contributed by atoms with Crippen LogP contribution in [0.25, 0.3) is 0 Å². The number of nitrogens with one attached hydrogen (secondary N) is 2. The highest BCUT2D eigenvalue weighted by molar-refractivity contribution is 14.0. The molecule has 30 heavy (non-hydrogen) atoms. The lowest BCUT2D eigenvalue weighted by atomic mass is 10.2. The third-order valence-corrected chi connectivity index (χ3v) is 3.80. The Morgan fingerprint density at radius 3 is 2.63 bits per heavy atom. The number of methoxy groups -OCH3 is 1. The molecule has 0 radical (unpaired) electrons. The van der Waals surface area contributed by atoms with E-state index in [-0.39, 0.29) is 36.3 Å². The smallest absolute Gasteiger partial charge is 0.387 e. The number of halogens is 3. The van der Waals surface area contributed by atoms with Crippen LogP contribution in [0.4, 0.5) is 14.5 Å². The van der Waals surface area contributed by atoms with Crippen molar-refractivity contribution in [2.24, 2.45) is 4.99 Å². The third-order valence-electron chi connectivity index (χ3n) is 3.80. The fourth-order valence-electron chi connectivity index (χ4n) is 2.51. The first-order chi connectivity index (χ1) is 14.1. The van der Waals surface area contributed by atoms with Gasteiger partial charge < -0.3 is 24.8 Å². The fourth-order valence-corrected chi connectivity index (χ4v) is 2.51. The van der Waals surface area contributed by atoms with Crippen LogP contribution in [0.5, 0.6) is 11.5 Å². The van der Waals surface area contributed by atoms with E-state index < -0.39 is 6.61 Å². The first kappa shape index (κ1) is 25.9. The van der Waals surface area contributed by atoms with Crippen molar-refractivity contribution in [1.29, 1.82) is 0 Å². The normalized spacial score (nSPS) is 11.0.